The second kappa shape index (κ2) is 9.60. The lowest BCUT2D eigenvalue weighted by Crippen LogP contribution is -2.34. The number of aliphatic hydroxyl groups is 1. The monoisotopic (exact) mass is 450 g/mol. The molecule has 32 heavy (non-hydrogen) atoms. The first-order valence-electron chi connectivity index (χ1n) is 11.3. The van der Waals surface area contributed by atoms with Gasteiger partial charge in [-0.15, -0.1) is 0 Å². The zero-order chi connectivity index (χ0) is 22.7. The number of anilines is 1. The van der Waals surface area contributed by atoms with Crippen molar-refractivity contribution in [2.24, 2.45) is 0 Å². The van der Waals surface area contributed by atoms with Crippen molar-refractivity contribution in [2.75, 3.05) is 24.6 Å². The van der Waals surface area contributed by atoms with Crippen molar-refractivity contribution in [1.82, 2.24) is 15.0 Å². The summed E-state index contributed by atoms with van der Waals surface area (Å²) in [5, 5.41) is 10.3. The highest BCUT2D eigenvalue weighted by Crippen LogP contribution is 2.35. The number of alkyl halides is 3. The van der Waals surface area contributed by atoms with E-state index in [1.165, 1.54) is 18.0 Å². The predicted octanol–water partition coefficient (Wildman–Crippen LogP) is 4.52. The third-order valence-electron chi connectivity index (χ3n) is 6.31. The van der Waals surface area contributed by atoms with Crippen molar-refractivity contribution in [3.05, 3.63) is 41.0 Å². The summed E-state index contributed by atoms with van der Waals surface area (Å²) in [6, 6.07) is 2.16. The van der Waals surface area contributed by atoms with Gasteiger partial charge in [-0.3, -0.25) is 4.98 Å². The lowest BCUT2D eigenvalue weighted by Gasteiger charge is -2.33. The standard InChI is InChI=1S/C23H29F3N4O2/c1-2-15-12-18-19(4-3-5-20(18)31)29-21(15)16-6-9-30(10-7-16)22-27-13-17(14-28-22)32-11-8-23(24,25)26/h12-14,16,20,31H,2-11H2,1H3. The Hall–Kier alpha value is -2.42. The van der Waals surface area contributed by atoms with Crippen molar-refractivity contribution >= 4 is 5.95 Å². The highest BCUT2D eigenvalue weighted by molar-refractivity contribution is 5.37. The molecule has 0 bridgehead atoms. The van der Waals surface area contributed by atoms with Gasteiger partial charge in [0.15, 0.2) is 5.75 Å². The summed E-state index contributed by atoms with van der Waals surface area (Å²) in [5.41, 5.74) is 4.43. The van der Waals surface area contributed by atoms with Gasteiger partial charge < -0.3 is 14.7 Å². The predicted molar refractivity (Wildman–Crippen MR) is 114 cm³/mol. The minimum Gasteiger partial charge on any atom is -0.490 e. The van der Waals surface area contributed by atoms with Gasteiger partial charge >= 0.3 is 6.18 Å². The third-order valence-corrected chi connectivity index (χ3v) is 6.31. The van der Waals surface area contributed by atoms with Gasteiger partial charge in [0.2, 0.25) is 5.95 Å². The van der Waals surface area contributed by atoms with Gasteiger partial charge in [-0.1, -0.05) is 6.92 Å². The van der Waals surface area contributed by atoms with Gasteiger partial charge in [0.25, 0.3) is 0 Å². The molecule has 1 unspecified atom stereocenters. The van der Waals surface area contributed by atoms with Crippen LogP contribution in [0.5, 0.6) is 5.75 Å². The fourth-order valence-corrected chi connectivity index (χ4v) is 4.56. The zero-order valence-electron chi connectivity index (χ0n) is 18.2. The Morgan fingerprint density at radius 3 is 2.53 bits per heavy atom. The molecule has 1 N–H and O–H groups in total. The van der Waals surface area contributed by atoms with E-state index in [2.05, 4.69) is 27.9 Å². The summed E-state index contributed by atoms with van der Waals surface area (Å²) in [6.07, 6.45) is 2.65. The van der Waals surface area contributed by atoms with E-state index in [9.17, 15) is 18.3 Å². The molecule has 1 atom stereocenters. The molecule has 1 aliphatic carbocycles. The van der Waals surface area contributed by atoms with Crippen LogP contribution in [-0.2, 0) is 12.8 Å². The molecule has 0 saturated carbocycles. The number of halogens is 3. The maximum Gasteiger partial charge on any atom is 0.392 e. The second-order valence-electron chi connectivity index (χ2n) is 8.52. The minimum atomic E-state index is -4.24. The molecule has 0 aromatic carbocycles. The number of fused-ring (bicyclic) bond motifs is 1. The molecule has 174 valence electrons. The number of hydrogen-bond acceptors (Lipinski definition) is 6. The molecule has 2 aromatic rings. The molecule has 0 spiro atoms. The first-order valence-corrected chi connectivity index (χ1v) is 11.3. The molecule has 0 radical (unpaired) electrons. The molecule has 9 heteroatoms. The molecule has 0 amide bonds. The molecule has 1 saturated heterocycles. The van der Waals surface area contributed by atoms with Crippen LogP contribution in [0.2, 0.25) is 0 Å². The Morgan fingerprint density at radius 1 is 1.16 bits per heavy atom. The average Bonchev–Trinajstić information content (AvgIpc) is 2.78. The van der Waals surface area contributed by atoms with E-state index in [1.807, 2.05) is 0 Å². The van der Waals surface area contributed by atoms with Crippen LogP contribution in [0.15, 0.2) is 18.5 Å². The Bertz CT molecular complexity index is 913. The van der Waals surface area contributed by atoms with Crippen LogP contribution in [0.4, 0.5) is 19.1 Å². The summed E-state index contributed by atoms with van der Waals surface area (Å²) in [4.78, 5) is 15.7. The SMILES string of the molecule is CCc1cc2c(nc1C1CCN(c3ncc(OCCC(F)(F)F)cn3)CC1)CCCC2O. The maximum absolute atomic E-state index is 12.2. The van der Waals surface area contributed by atoms with Gasteiger partial charge in [-0.25, -0.2) is 9.97 Å². The van der Waals surface area contributed by atoms with Gasteiger partial charge in [0.05, 0.1) is 31.5 Å². The van der Waals surface area contributed by atoms with Gasteiger partial charge in [0, 0.05) is 36.0 Å². The number of aromatic nitrogens is 3. The highest BCUT2D eigenvalue weighted by atomic mass is 19.4. The number of aliphatic hydroxyl groups excluding tert-OH is 1. The van der Waals surface area contributed by atoms with E-state index in [0.717, 1.165) is 68.6 Å². The second-order valence-corrected chi connectivity index (χ2v) is 8.52. The van der Waals surface area contributed by atoms with Gasteiger partial charge in [0.1, 0.15) is 0 Å². The number of aryl methyl sites for hydroxylation is 2. The van der Waals surface area contributed by atoms with Gasteiger partial charge in [-0.05, 0) is 50.2 Å². The molecule has 4 rings (SSSR count). The number of ether oxygens (including phenoxy) is 1. The van der Waals surface area contributed by atoms with Crippen LogP contribution in [-0.4, -0.2) is 45.9 Å². The van der Waals surface area contributed by atoms with E-state index in [4.69, 9.17) is 9.72 Å². The summed E-state index contributed by atoms with van der Waals surface area (Å²) in [7, 11) is 0. The van der Waals surface area contributed by atoms with E-state index in [-0.39, 0.29) is 5.75 Å². The van der Waals surface area contributed by atoms with E-state index >= 15 is 0 Å². The van der Waals surface area contributed by atoms with Crippen LogP contribution >= 0.6 is 0 Å². The normalized spacial score (nSPS) is 19.7. The quantitative estimate of drug-likeness (QED) is 0.698. The summed E-state index contributed by atoms with van der Waals surface area (Å²) in [5.74, 6) is 1.15. The minimum absolute atomic E-state index is 0.237. The fourth-order valence-electron chi connectivity index (χ4n) is 4.56. The number of nitrogens with zero attached hydrogens (tertiary/aromatic N) is 4. The third kappa shape index (κ3) is 5.31. The van der Waals surface area contributed by atoms with E-state index in [0.29, 0.717) is 11.9 Å². The number of hydrogen-bond donors (Lipinski definition) is 1. The smallest absolute Gasteiger partial charge is 0.392 e. The summed E-state index contributed by atoms with van der Waals surface area (Å²) >= 11 is 0. The molecule has 2 aliphatic rings. The first kappa shape index (κ1) is 22.8. The summed E-state index contributed by atoms with van der Waals surface area (Å²) < 4.78 is 41.8. The Balaban J connectivity index is 1.37. The Labute approximate surface area is 185 Å². The fraction of sp³-hybridized carbons (Fsp3) is 0.609. The number of rotatable bonds is 6. The Kier molecular flexibility index (Phi) is 6.83. The molecule has 2 aromatic heterocycles. The van der Waals surface area contributed by atoms with Crippen molar-refractivity contribution in [3.8, 4) is 5.75 Å². The number of pyridine rings is 1. The van der Waals surface area contributed by atoms with Crippen LogP contribution in [0.1, 0.15) is 73.6 Å². The molecule has 1 fully saturated rings. The zero-order valence-corrected chi connectivity index (χ0v) is 18.2. The molecule has 6 nitrogen and oxygen atoms in total. The van der Waals surface area contributed by atoms with E-state index in [1.54, 1.807) is 0 Å². The maximum atomic E-state index is 12.2. The molecular formula is C23H29F3N4O2. The molecule has 1 aliphatic heterocycles. The summed E-state index contributed by atoms with van der Waals surface area (Å²) in [6.45, 7) is 3.25. The highest BCUT2D eigenvalue weighted by Gasteiger charge is 2.28. The molecular weight excluding hydrogens is 421 g/mol. The molecule has 3 heterocycles. The lowest BCUT2D eigenvalue weighted by atomic mass is 9.86. The van der Waals surface area contributed by atoms with Crippen LogP contribution in [0.3, 0.4) is 0 Å². The van der Waals surface area contributed by atoms with Crippen molar-refractivity contribution < 1.29 is 23.0 Å². The van der Waals surface area contributed by atoms with E-state index < -0.39 is 25.3 Å². The average molecular weight is 451 g/mol. The lowest BCUT2D eigenvalue weighted by molar-refractivity contribution is -0.139. The first-order chi connectivity index (χ1) is 15.3. The largest absolute Gasteiger partial charge is 0.490 e. The van der Waals surface area contributed by atoms with Crippen LogP contribution in [0.25, 0.3) is 0 Å². The van der Waals surface area contributed by atoms with Crippen molar-refractivity contribution in [3.63, 3.8) is 0 Å². The van der Waals surface area contributed by atoms with Crippen molar-refractivity contribution in [1.29, 1.82) is 0 Å². The van der Waals surface area contributed by atoms with Crippen LogP contribution in [0, 0.1) is 0 Å². The van der Waals surface area contributed by atoms with Crippen LogP contribution < -0.4 is 9.64 Å². The van der Waals surface area contributed by atoms with Gasteiger partial charge in [-0.2, -0.15) is 13.2 Å². The Morgan fingerprint density at radius 2 is 1.88 bits per heavy atom. The van der Waals surface area contributed by atoms with Crippen molar-refractivity contribution in [2.45, 2.75) is 70.1 Å². The number of piperidine rings is 1. The topological polar surface area (TPSA) is 71.4 Å².